The fourth-order valence-corrected chi connectivity index (χ4v) is 3.36. The molecule has 1 aliphatic rings. The summed E-state index contributed by atoms with van der Waals surface area (Å²) >= 11 is 0. The number of hydrogen-bond acceptors (Lipinski definition) is 3. The van der Waals surface area contributed by atoms with Gasteiger partial charge in [0.15, 0.2) is 0 Å². The van der Waals surface area contributed by atoms with Crippen LogP contribution in [0.5, 0.6) is 0 Å². The Morgan fingerprint density at radius 1 is 1.03 bits per heavy atom. The number of likely N-dealkylation sites (tertiary alicyclic amines) is 1. The zero-order valence-corrected chi connectivity index (χ0v) is 16.3. The molecular formula is C22H24FN3O3. The normalized spacial score (nSPS) is 14.3. The molecule has 0 radical (unpaired) electrons. The highest BCUT2D eigenvalue weighted by Crippen LogP contribution is 2.21. The van der Waals surface area contributed by atoms with E-state index in [1.807, 2.05) is 6.92 Å². The molecule has 0 unspecified atom stereocenters. The molecule has 2 aromatic rings. The van der Waals surface area contributed by atoms with Gasteiger partial charge in [0.05, 0.1) is 0 Å². The Balaban J connectivity index is 1.55. The number of nitrogens with zero attached hydrogens (tertiary/aromatic N) is 1. The Morgan fingerprint density at radius 3 is 2.38 bits per heavy atom. The zero-order chi connectivity index (χ0) is 20.8. The number of amides is 3. The van der Waals surface area contributed by atoms with Crippen LogP contribution in [-0.4, -0.2) is 42.3 Å². The summed E-state index contributed by atoms with van der Waals surface area (Å²) in [5.41, 5.74) is 1.50. The van der Waals surface area contributed by atoms with E-state index < -0.39 is 0 Å². The van der Waals surface area contributed by atoms with Crippen LogP contribution in [0.25, 0.3) is 0 Å². The second-order valence-corrected chi connectivity index (χ2v) is 7.00. The highest BCUT2D eigenvalue weighted by Gasteiger charge is 2.28. The summed E-state index contributed by atoms with van der Waals surface area (Å²) in [5, 5.41) is 5.59. The lowest BCUT2D eigenvalue weighted by atomic mass is 9.95. The molecule has 7 heteroatoms. The molecule has 0 saturated carbocycles. The number of halogens is 1. The Labute approximate surface area is 169 Å². The second kappa shape index (κ2) is 9.32. The predicted molar refractivity (Wildman–Crippen MR) is 108 cm³/mol. The maximum Gasteiger partial charge on any atom is 0.253 e. The zero-order valence-electron chi connectivity index (χ0n) is 16.3. The van der Waals surface area contributed by atoms with Gasteiger partial charge in [0.25, 0.3) is 11.8 Å². The topological polar surface area (TPSA) is 78.5 Å². The minimum atomic E-state index is -0.381. The quantitative estimate of drug-likeness (QED) is 0.814. The molecule has 1 fully saturated rings. The van der Waals surface area contributed by atoms with Crippen molar-refractivity contribution in [3.63, 3.8) is 0 Å². The maximum atomic E-state index is 13.0. The van der Waals surface area contributed by atoms with Crippen LogP contribution in [0.1, 0.15) is 40.5 Å². The van der Waals surface area contributed by atoms with E-state index in [2.05, 4.69) is 10.6 Å². The number of benzene rings is 2. The first kappa shape index (κ1) is 20.5. The molecule has 1 saturated heterocycles. The van der Waals surface area contributed by atoms with E-state index in [9.17, 15) is 18.8 Å². The molecular weight excluding hydrogens is 373 g/mol. The fourth-order valence-electron chi connectivity index (χ4n) is 3.36. The third-order valence-electron chi connectivity index (χ3n) is 4.97. The van der Waals surface area contributed by atoms with Gasteiger partial charge in [-0.2, -0.15) is 0 Å². The highest BCUT2D eigenvalue weighted by atomic mass is 19.1. The van der Waals surface area contributed by atoms with Crippen molar-refractivity contribution >= 4 is 23.4 Å². The molecule has 2 aromatic carbocycles. The average Bonchev–Trinajstić information content (AvgIpc) is 2.74. The molecule has 3 rings (SSSR count). The summed E-state index contributed by atoms with van der Waals surface area (Å²) in [5.74, 6) is -1.05. The third-order valence-corrected chi connectivity index (χ3v) is 4.97. The lowest BCUT2D eigenvalue weighted by molar-refractivity contribution is -0.121. The average molecular weight is 397 g/mol. The Morgan fingerprint density at radius 2 is 1.72 bits per heavy atom. The van der Waals surface area contributed by atoms with Crippen molar-refractivity contribution in [1.82, 2.24) is 10.2 Å². The molecule has 0 spiro atoms. The number of hydrogen-bond donors (Lipinski definition) is 2. The highest BCUT2D eigenvalue weighted by molar-refractivity contribution is 5.98. The van der Waals surface area contributed by atoms with Crippen molar-refractivity contribution < 1.29 is 18.8 Å². The third kappa shape index (κ3) is 5.19. The first-order valence-corrected chi connectivity index (χ1v) is 9.72. The van der Waals surface area contributed by atoms with Gasteiger partial charge < -0.3 is 15.5 Å². The first-order chi connectivity index (χ1) is 14.0. The Kier molecular flexibility index (Phi) is 6.59. The number of carbonyl (C=O) groups is 3. The van der Waals surface area contributed by atoms with E-state index in [1.54, 1.807) is 29.2 Å². The second-order valence-electron chi connectivity index (χ2n) is 7.00. The summed E-state index contributed by atoms with van der Waals surface area (Å²) in [4.78, 5) is 38.7. The number of anilines is 1. The van der Waals surface area contributed by atoms with Crippen LogP contribution < -0.4 is 10.6 Å². The van der Waals surface area contributed by atoms with Gasteiger partial charge in [-0.1, -0.05) is 6.07 Å². The molecule has 29 heavy (non-hydrogen) atoms. The SMILES string of the molecule is CCNC(=O)c1cccc(NC(=O)C2CCN(C(=O)c3ccc(F)cc3)CC2)c1. The number of rotatable bonds is 5. The van der Waals surface area contributed by atoms with E-state index in [0.717, 1.165) is 0 Å². The molecule has 1 heterocycles. The van der Waals surface area contributed by atoms with Gasteiger partial charge >= 0.3 is 0 Å². The van der Waals surface area contributed by atoms with Crippen LogP contribution in [0, 0.1) is 11.7 Å². The van der Waals surface area contributed by atoms with E-state index in [-0.39, 0.29) is 29.5 Å². The van der Waals surface area contributed by atoms with Crippen LogP contribution in [0.4, 0.5) is 10.1 Å². The standard InChI is InChI=1S/C22H24FN3O3/c1-2-24-20(27)17-4-3-5-19(14-17)25-21(28)15-10-12-26(13-11-15)22(29)16-6-8-18(23)9-7-16/h3-9,14-15H,2,10-13H2,1H3,(H,24,27)(H,25,28). The molecule has 0 atom stereocenters. The smallest absolute Gasteiger partial charge is 0.253 e. The van der Waals surface area contributed by atoms with Crippen LogP contribution in [0.2, 0.25) is 0 Å². The van der Waals surface area contributed by atoms with E-state index >= 15 is 0 Å². The number of piperidine rings is 1. The molecule has 3 amide bonds. The number of carbonyl (C=O) groups excluding carboxylic acids is 3. The molecule has 2 N–H and O–H groups in total. The van der Waals surface area contributed by atoms with Crippen molar-refractivity contribution in [1.29, 1.82) is 0 Å². The fraction of sp³-hybridized carbons (Fsp3) is 0.318. The van der Waals surface area contributed by atoms with Gasteiger partial charge in [0, 0.05) is 42.4 Å². The Bertz CT molecular complexity index is 890. The minimum absolute atomic E-state index is 0.119. The van der Waals surface area contributed by atoms with Gasteiger partial charge in [-0.15, -0.1) is 0 Å². The minimum Gasteiger partial charge on any atom is -0.352 e. The van der Waals surface area contributed by atoms with Crippen molar-refractivity contribution in [3.05, 3.63) is 65.5 Å². The monoisotopic (exact) mass is 397 g/mol. The summed E-state index contributed by atoms with van der Waals surface area (Å²) < 4.78 is 13.0. The van der Waals surface area contributed by atoms with Crippen molar-refractivity contribution in [2.75, 3.05) is 25.0 Å². The molecule has 152 valence electrons. The van der Waals surface area contributed by atoms with Crippen molar-refractivity contribution in [2.24, 2.45) is 5.92 Å². The lowest BCUT2D eigenvalue weighted by Gasteiger charge is -2.31. The van der Waals surface area contributed by atoms with Gasteiger partial charge in [0.1, 0.15) is 5.82 Å². The van der Waals surface area contributed by atoms with Gasteiger partial charge in [-0.05, 0) is 62.2 Å². The molecule has 1 aliphatic heterocycles. The van der Waals surface area contributed by atoms with E-state index in [4.69, 9.17) is 0 Å². The van der Waals surface area contributed by atoms with Gasteiger partial charge in [-0.25, -0.2) is 4.39 Å². The summed E-state index contributed by atoms with van der Waals surface area (Å²) in [6.07, 6.45) is 1.10. The largest absolute Gasteiger partial charge is 0.352 e. The van der Waals surface area contributed by atoms with Gasteiger partial charge in [-0.3, -0.25) is 14.4 Å². The summed E-state index contributed by atoms with van der Waals surface area (Å²) in [7, 11) is 0. The first-order valence-electron chi connectivity index (χ1n) is 9.72. The molecule has 0 aliphatic carbocycles. The predicted octanol–water partition coefficient (Wildman–Crippen LogP) is 3.07. The maximum absolute atomic E-state index is 13.0. The van der Waals surface area contributed by atoms with Crippen molar-refractivity contribution in [2.45, 2.75) is 19.8 Å². The summed E-state index contributed by atoms with van der Waals surface area (Å²) in [6.45, 7) is 3.31. The Hall–Kier alpha value is -3.22. The van der Waals surface area contributed by atoms with Crippen LogP contribution >= 0.6 is 0 Å². The molecule has 0 bridgehead atoms. The number of nitrogens with one attached hydrogen (secondary N) is 2. The van der Waals surface area contributed by atoms with E-state index in [1.165, 1.54) is 24.3 Å². The van der Waals surface area contributed by atoms with Crippen LogP contribution in [0.15, 0.2) is 48.5 Å². The van der Waals surface area contributed by atoms with Crippen LogP contribution in [-0.2, 0) is 4.79 Å². The summed E-state index contributed by atoms with van der Waals surface area (Å²) in [6, 6.07) is 12.3. The van der Waals surface area contributed by atoms with Crippen molar-refractivity contribution in [3.8, 4) is 0 Å². The van der Waals surface area contributed by atoms with E-state index in [0.29, 0.717) is 49.3 Å². The molecule has 6 nitrogen and oxygen atoms in total. The molecule has 0 aromatic heterocycles. The van der Waals surface area contributed by atoms with Gasteiger partial charge in [0.2, 0.25) is 5.91 Å². The lowest BCUT2D eigenvalue weighted by Crippen LogP contribution is -2.41. The van der Waals surface area contributed by atoms with Crippen LogP contribution in [0.3, 0.4) is 0 Å².